The van der Waals surface area contributed by atoms with E-state index in [1.54, 1.807) is 11.3 Å². The van der Waals surface area contributed by atoms with Crippen LogP contribution in [0.5, 0.6) is 5.75 Å². The number of carbonyl (C=O) groups is 1. The number of carbonyl (C=O) groups excluding carboxylic acids is 1. The smallest absolute Gasteiger partial charge is 0.210 e. The van der Waals surface area contributed by atoms with Crippen molar-refractivity contribution >= 4 is 17.1 Å². The Morgan fingerprint density at radius 3 is 2.58 bits per heavy atom. The van der Waals surface area contributed by atoms with Crippen LogP contribution in [0.15, 0.2) is 30.3 Å². The molecule has 1 aromatic carbocycles. The molecular weight excluding hydrogens is 256 g/mol. The van der Waals surface area contributed by atoms with Gasteiger partial charge in [-0.05, 0) is 55.7 Å². The van der Waals surface area contributed by atoms with Gasteiger partial charge in [-0.2, -0.15) is 0 Å². The summed E-state index contributed by atoms with van der Waals surface area (Å²) in [4.78, 5) is 14.0. The molecule has 0 atom stereocenters. The highest BCUT2D eigenvalue weighted by Crippen LogP contribution is 2.19. The van der Waals surface area contributed by atoms with Crippen LogP contribution < -0.4 is 4.74 Å². The van der Waals surface area contributed by atoms with Crippen LogP contribution in [0.25, 0.3) is 0 Å². The molecule has 2 nitrogen and oxygen atoms in total. The lowest BCUT2D eigenvalue weighted by atomic mass is 10.1. The zero-order valence-corrected chi connectivity index (χ0v) is 12.3. The number of ether oxygens (including phenoxy) is 1. The first kappa shape index (κ1) is 13.8. The molecule has 0 bridgehead atoms. The lowest BCUT2D eigenvalue weighted by Crippen LogP contribution is -2.10. The zero-order valence-electron chi connectivity index (χ0n) is 11.5. The Hall–Kier alpha value is -1.61. The summed E-state index contributed by atoms with van der Waals surface area (Å²) >= 11 is 1.55. The number of benzene rings is 1. The second-order valence-corrected chi connectivity index (χ2v) is 5.75. The maximum atomic E-state index is 12.0. The van der Waals surface area contributed by atoms with Crippen LogP contribution in [0.1, 0.15) is 32.6 Å². The molecule has 0 N–H and O–H groups in total. The molecule has 0 saturated heterocycles. The maximum Gasteiger partial charge on any atom is 0.210 e. The SMILES string of the molecule is CCc1ccc(C(=O)COc2ccc(C)c(C)c2)s1. The van der Waals surface area contributed by atoms with Crippen molar-refractivity contribution in [2.75, 3.05) is 6.61 Å². The number of thiophene rings is 1. The Balaban J connectivity index is 1.98. The minimum Gasteiger partial charge on any atom is -0.485 e. The second kappa shape index (κ2) is 6.02. The Morgan fingerprint density at radius 2 is 1.95 bits per heavy atom. The van der Waals surface area contributed by atoms with Crippen molar-refractivity contribution in [1.82, 2.24) is 0 Å². The Bertz CT molecular complexity index is 584. The van der Waals surface area contributed by atoms with Gasteiger partial charge in [-0.25, -0.2) is 0 Å². The largest absolute Gasteiger partial charge is 0.485 e. The molecule has 19 heavy (non-hydrogen) atoms. The number of ketones is 1. The predicted octanol–water partition coefficient (Wildman–Crippen LogP) is 4.19. The van der Waals surface area contributed by atoms with Gasteiger partial charge in [-0.3, -0.25) is 4.79 Å². The third-order valence-corrected chi connectivity index (χ3v) is 4.40. The van der Waals surface area contributed by atoms with Crippen LogP contribution in [-0.2, 0) is 6.42 Å². The highest BCUT2D eigenvalue weighted by molar-refractivity contribution is 7.14. The van der Waals surface area contributed by atoms with Crippen LogP contribution in [0.2, 0.25) is 0 Å². The standard InChI is InChI=1S/C16H18O2S/c1-4-14-7-8-16(19-14)15(17)10-18-13-6-5-11(2)12(3)9-13/h5-9H,4,10H2,1-3H3. The van der Waals surface area contributed by atoms with Gasteiger partial charge in [-0.15, -0.1) is 11.3 Å². The minimum atomic E-state index is 0.0444. The van der Waals surface area contributed by atoms with Crippen molar-refractivity contribution in [2.24, 2.45) is 0 Å². The third kappa shape index (κ3) is 3.44. The van der Waals surface area contributed by atoms with Crippen LogP contribution in [0.3, 0.4) is 0 Å². The number of rotatable bonds is 5. The average molecular weight is 274 g/mol. The summed E-state index contributed by atoms with van der Waals surface area (Å²) in [5.74, 6) is 0.798. The molecule has 1 heterocycles. The molecule has 2 rings (SSSR count). The van der Waals surface area contributed by atoms with Crippen molar-refractivity contribution in [3.05, 3.63) is 51.2 Å². The number of hydrogen-bond acceptors (Lipinski definition) is 3. The summed E-state index contributed by atoms with van der Waals surface area (Å²) in [5, 5.41) is 0. The van der Waals surface area contributed by atoms with E-state index in [-0.39, 0.29) is 12.4 Å². The minimum absolute atomic E-state index is 0.0444. The quantitative estimate of drug-likeness (QED) is 0.764. The third-order valence-electron chi connectivity index (χ3n) is 3.13. The molecule has 0 fully saturated rings. The summed E-state index contributed by atoms with van der Waals surface area (Å²) in [5.41, 5.74) is 2.40. The van der Waals surface area contributed by atoms with E-state index in [1.165, 1.54) is 16.0 Å². The van der Waals surface area contributed by atoms with Gasteiger partial charge in [-0.1, -0.05) is 13.0 Å². The Kier molecular flexibility index (Phi) is 4.38. The van der Waals surface area contributed by atoms with E-state index in [9.17, 15) is 4.79 Å². The van der Waals surface area contributed by atoms with Gasteiger partial charge in [0.25, 0.3) is 0 Å². The van der Waals surface area contributed by atoms with Gasteiger partial charge in [0, 0.05) is 4.88 Å². The number of hydrogen-bond donors (Lipinski definition) is 0. The van der Waals surface area contributed by atoms with E-state index < -0.39 is 0 Å². The Labute approximate surface area is 118 Å². The summed E-state index contributed by atoms with van der Waals surface area (Å²) in [6.07, 6.45) is 0.968. The van der Waals surface area contributed by atoms with E-state index in [4.69, 9.17) is 4.74 Å². The van der Waals surface area contributed by atoms with Gasteiger partial charge < -0.3 is 4.74 Å². The monoisotopic (exact) mass is 274 g/mol. The molecule has 0 unspecified atom stereocenters. The molecule has 0 aliphatic rings. The normalized spacial score (nSPS) is 10.5. The molecule has 0 aliphatic carbocycles. The summed E-state index contributed by atoms with van der Waals surface area (Å²) in [6.45, 7) is 6.29. The highest BCUT2D eigenvalue weighted by atomic mass is 32.1. The van der Waals surface area contributed by atoms with Crippen molar-refractivity contribution < 1.29 is 9.53 Å². The topological polar surface area (TPSA) is 26.3 Å². The first-order chi connectivity index (χ1) is 9.10. The highest BCUT2D eigenvalue weighted by Gasteiger charge is 2.10. The van der Waals surface area contributed by atoms with Crippen LogP contribution in [0, 0.1) is 13.8 Å². The molecule has 0 amide bonds. The van der Waals surface area contributed by atoms with Crippen LogP contribution in [0.4, 0.5) is 0 Å². The lowest BCUT2D eigenvalue weighted by molar-refractivity contribution is 0.0925. The predicted molar refractivity (Wildman–Crippen MR) is 79.4 cm³/mol. The molecular formula is C16H18O2S. The van der Waals surface area contributed by atoms with Gasteiger partial charge >= 0.3 is 0 Å². The van der Waals surface area contributed by atoms with Gasteiger partial charge in [0.05, 0.1) is 4.88 Å². The molecule has 100 valence electrons. The summed E-state index contributed by atoms with van der Waals surface area (Å²) in [7, 11) is 0. The first-order valence-corrected chi connectivity index (χ1v) is 7.23. The summed E-state index contributed by atoms with van der Waals surface area (Å²) < 4.78 is 5.56. The fourth-order valence-electron chi connectivity index (χ4n) is 1.74. The van der Waals surface area contributed by atoms with Gasteiger partial charge in [0.1, 0.15) is 5.75 Å². The average Bonchev–Trinajstić information content (AvgIpc) is 2.88. The van der Waals surface area contributed by atoms with Crippen molar-refractivity contribution in [3.8, 4) is 5.75 Å². The fourth-order valence-corrected chi connectivity index (χ4v) is 2.61. The molecule has 0 aliphatic heterocycles. The zero-order chi connectivity index (χ0) is 13.8. The second-order valence-electron chi connectivity index (χ2n) is 4.58. The van der Waals surface area contributed by atoms with Crippen LogP contribution in [-0.4, -0.2) is 12.4 Å². The Morgan fingerprint density at radius 1 is 1.16 bits per heavy atom. The fraction of sp³-hybridized carbons (Fsp3) is 0.312. The molecule has 0 spiro atoms. The van der Waals surface area contributed by atoms with E-state index in [0.29, 0.717) is 0 Å². The molecule has 0 radical (unpaired) electrons. The van der Waals surface area contributed by atoms with Crippen molar-refractivity contribution in [3.63, 3.8) is 0 Å². The van der Waals surface area contributed by atoms with Gasteiger partial charge in [0.2, 0.25) is 5.78 Å². The maximum absolute atomic E-state index is 12.0. The number of Topliss-reactive ketones (excluding diaryl/α,β-unsaturated/α-hetero) is 1. The van der Waals surface area contributed by atoms with Crippen molar-refractivity contribution in [2.45, 2.75) is 27.2 Å². The van der Waals surface area contributed by atoms with Crippen molar-refractivity contribution in [1.29, 1.82) is 0 Å². The first-order valence-electron chi connectivity index (χ1n) is 6.42. The van der Waals surface area contributed by atoms with Gasteiger partial charge in [0.15, 0.2) is 6.61 Å². The van der Waals surface area contributed by atoms with E-state index >= 15 is 0 Å². The molecule has 2 aromatic rings. The molecule has 1 aromatic heterocycles. The molecule has 3 heteroatoms. The molecule has 0 saturated carbocycles. The summed E-state index contributed by atoms with van der Waals surface area (Å²) in [6, 6.07) is 9.77. The van der Waals surface area contributed by atoms with E-state index in [1.807, 2.05) is 37.3 Å². The van der Waals surface area contributed by atoms with E-state index in [2.05, 4.69) is 13.8 Å². The number of aryl methyl sites for hydroxylation is 3. The van der Waals surface area contributed by atoms with E-state index in [0.717, 1.165) is 17.0 Å². The van der Waals surface area contributed by atoms with Crippen LogP contribution >= 0.6 is 11.3 Å². The lowest BCUT2D eigenvalue weighted by Gasteiger charge is -2.07.